The Morgan fingerprint density at radius 1 is 0.848 bits per heavy atom. The van der Waals surface area contributed by atoms with Gasteiger partial charge < -0.3 is 10.1 Å². The standard InChI is InChI=1S/C28H28N2O3/c1-6-33-22-13-11-21(12-14-22)25-26(29-23-9-7-8-18(3)20(23)5)28(32)30(27(25)31)24-15-10-17(2)16-19(24)4/h7-16,29H,6H2,1-5H3. The molecule has 0 aliphatic carbocycles. The molecule has 3 aromatic carbocycles. The van der Waals surface area contributed by atoms with Gasteiger partial charge in [-0.3, -0.25) is 9.59 Å². The lowest BCUT2D eigenvalue weighted by Gasteiger charge is -2.18. The highest BCUT2D eigenvalue weighted by Crippen LogP contribution is 2.36. The first-order chi connectivity index (χ1) is 15.8. The molecule has 0 radical (unpaired) electrons. The molecule has 0 saturated heterocycles. The van der Waals surface area contributed by atoms with Gasteiger partial charge in [-0.25, -0.2) is 4.90 Å². The number of hydrogen-bond acceptors (Lipinski definition) is 4. The van der Waals surface area contributed by atoms with Crippen LogP contribution in [0.2, 0.25) is 0 Å². The second-order valence-corrected chi connectivity index (χ2v) is 8.32. The lowest BCUT2D eigenvalue weighted by molar-refractivity contribution is -0.120. The SMILES string of the molecule is CCOc1ccc(C2=C(Nc3cccc(C)c3C)C(=O)N(c3ccc(C)cc3C)C2=O)cc1. The molecule has 0 saturated carbocycles. The zero-order valence-electron chi connectivity index (χ0n) is 19.7. The number of rotatable bonds is 6. The van der Waals surface area contributed by atoms with Crippen LogP contribution in [-0.2, 0) is 9.59 Å². The molecule has 0 atom stereocenters. The van der Waals surface area contributed by atoms with E-state index in [4.69, 9.17) is 4.74 Å². The molecule has 5 heteroatoms. The molecule has 0 fully saturated rings. The second kappa shape index (κ2) is 8.94. The fourth-order valence-corrected chi connectivity index (χ4v) is 4.09. The Hall–Kier alpha value is -3.86. The highest BCUT2D eigenvalue weighted by Gasteiger charge is 2.41. The van der Waals surface area contributed by atoms with Crippen molar-refractivity contribution in [2.45, 2.75) is 34.6 Å². The summed E-state index contributed by atoms with van der Waals surface area (Å²) in [5.74, 6) is 0.00885. The lowest BCUT2D eigenvalue weighted by atomic mass is 10.0. The molecule has 1 heterocycles. The van der Waals surface area contributed by atoms with Crippen LogP contribution in [-0.4, -0.2) is 18.4 Å². The van der Waals surface area contributed by atoms with Gasteiger partial charge in [0.05, 0.1) is 17.9 Å². The van der Waals surface area contributed by atoms with E-state index in [9.17, 15) is 9.59 Å². The maximum Gasteiger partial charge on any atom is 0.282 e. The molecular formula is C28H28N2O3. The van der Waals surface area contributed by atoms with Gasteiger partial charge in [0.15, 0.2) is 0 Å². The van der Waals surface area contributed by atoms with E-state index in [-0.39, 0.29) is 17.5 Å². The van der Waals surface area contributed by atoms with Crippen molar-refractivity contribution in [2.75, 3.05) is 16.8 Å². The highest BCUT2D eigenvalue weighted by atomic mass is 16.5. The normalized spacial score (nSPS) is 13.7. The summed E-state index contributed by atoms with van der Waals surface area (Å²) >= 11 is 0. The monoisotopic (exact) mass is 440 g/mol. The molecule has 3 aromatic rings. The quantitative estimate of drug-likeness (QED) is 0.499. The van der Waals surface area contributed by atoms with E-state index in [1.165, 1.54) is 4.90 Å². The Bertz CT molecular complexity index is 1270. The van der Waals surface area contributed by atoms with E-state index >= 15 is 0 Å². The van der Waals surface area contributed by atoms with Crippen molar-refractivity contribution in [3.05, 3.63) is 94.2 Å². The van der Waals surface area contributed by atoms with Gasteiger partial charge in [0.2, 0.25) is 0 Å². The number of aryl methyl sites for hydroxylation is 3. The van der Waals surface area contributed by atoms with E-state index < -0.39 is 0 Å². The van der Waals surface area contributed by atoms with Crippen LogP contribution in [0.15, 0.2) is 66.4 Å². The third-order valence-electron chi connectivity index (χ3n) is 6.00. The Balaban J connectivity index is 1.84. The van der Waals surface area contributed by atoms with Crippen LogP contribution in [0, 0.1) is 27.7 Å². The summed E-state index contributed by atoms with van der Waals surface area (Å²) < 4.78 is 5.55. The molecule has 0 bridgehead atoms. The van der Waals surface area contributed by atoms with Crippen LogP contribution in [0.5, 0.6) is 5.75 Å². The fraction of sp³-hybridized carbons (Fsp3) is 0.214. The van der Waals surface area contributed by atoms with Gasteiger partial charge in [0.1, 0.15) is 11.4 Å². The van der Waals surface area contributed by atoms with Crippen molar-refractivity contribution in [1.29, 1.82) is 0 Å². The summed E-state index contributed by atoms with van der Waals surface area (Å²) in [5, 5.41) is 3.29. The molecule has 0 spiro atoms. The average Bonchev–Trinajstić information content (AvgIpc) is 3.02. The maximum atomic E-state index is 13.7. The van der Waals surface area contributed by atoms with Crippen molar-refractivity contribution < 1.29 is 14.3 Å². The molecule has 5 nitrogen and oxygen atoms in total. The van der Waals surface area contributed by atoms with Crippen molar-refractivity contribution in [3.63, 3.8) is 0 Å². The zero-order valence-corrected chi connectivity index (χ0v) is 19.7. The van der Waals surface area contributed by atoms with Crippen LogP contribution >= 0.6 is 0 Å². The van der Waals surface area contributed by atoms with Crippen molar-refractivity contribution in [3.8, 4) is 5.75 Å². The molecule has 2 amide bonds. The third-order valence-corrected chi connectivity index (χ3v) is 6.00. The third kappa shape index (κ3) is 4.14. The Kier molecular flexibility index (Phi) is 6.05. The van der Waals surface area contributed by atoms with Crippen LogP contribution < -0.4 is 15.0 Å². The summed E-state index contributed by atoms with van der Waals surface area (Å²) in [6.45, 7) is 10.4. The van der Waals surface area contributed by atoms with Crippen molar-refractivity contribution in [1.82, 2.24) is 0 Å². The van der Waals surface area contributed by atoms with E-state index in [2.05, 4.69) is 5.32 Å². The number of anilines is 2. The predicted octanol–water partition coefficient (Wildman–Crippen LogP) is 5.72. The minimum atomic E-state index is -0.364. The number of hydrogen-bond donors (Lipinski definition) is 1. The molecule has 0 unspecified atom stereocenters. The van der Waals surface area contributed by atoms with Gasteiger partial charge >= 0.3 is 0 Å². The molecule has 168 valence electrons. The van der Waals surface area contributed by atoms with E-state index in [0.717, 1.165) is 27.9 Å². The van der Waals surface area contributed by atoms with Gasteiger partial charge in [-0.05, 0) is 81.1 Å². The summed E-state index contributed by atoms with van der Waals surface area (Å²) in [6, 6.07) is 18.9. The highest BCUT2D eigenvalue weighted by molar-refractivity contribution is 6.46. The molecule has 0 aromatic heterocycles. The minimum absolute atomic E-state index is 0.276. The Labute approximate surface area is 194 Å². The molecule has 33 heavy (non-hydrogen) atoms. The van der Waals surface area contributed by atoms with Crippen LogP contribution in [0.3, 0.4) is 0 Å². The van der Waals surface area contributed by atoms with Crippen LogP contribution in [0.25, 0.3) is 5.57 Å². The van der Waals surface area contributed by atoms with E-state index in [0.29, 0.717) is 29.2 Å². The summed E-state index contributed by atoms with van der Waals surface area (Å²) in [7, 11) is 0. The Morgan fingerprint density at radius 3 is 2.24 bits per heavy atom. The smallest absolute Gasteiger partial charge is 0.282 e. The first kappa shape index (κ1) is 22.3. The zero-order chi connectivity index (χ0) is 23.7. The summed E-state index contributed by atoms with van der Waals surface area (Å²) in [5.41, 5.74) is 6.76. The summed E-state index contributed by atoms with van der Waals surface area (Å²) in [6.07, 6.45) is 0. The maximum absolute atomic E-state index is 13.7. The number of ether oxygens (including phenoxy) is 1. The van der Waals surface area contributed by atoms with Crippen LogP contribution in [0.1, 0.15) is 34.7 Å². The predicted molar refractivity (Wildman–Crippen MR) is 132 cm³/mol. The molecule has 1 aliphatic heterocycles. The lowest BCUT2D eigenvalue weighted by Crippen LogP contribution is -2.33. The second-order valence-electron chi connectivity index (χ2n) is 8.32. The molecule has 1 N–H and O–H groups in total. The molecular weight excluding hydrogens is 412 g/mol. The number of benzene rings is 3. The number of nitrogens with zero attached hydrogens (tertiary/aromatic N) is 1. The van der Waals surface area contributed by atoms with Crippen molar-refractivity contribution >= 4 is 28.8 Å². The number of carbonyl (C=O) groups excluding carboxylic acids is 2. The van der Waals surface area contributed by atoms with Gasteiger partial charge in [0.25, 0.3) is 11.8 Å². The molecule has 1 aliphatic rings. The van der Waals surface area contributed by atoms with E-state index in [1.54, 1.807) is 0 Å². The Morgan fingerprint density at radius 2 is 1.58 bits per heavy atom. The van der Waals surface area contributed by atoms with Gasteiger partial charge in [-0.1, -0.05) is 42.0 Å². The first-order valence-electron chi connectivity index (χ1n) is 11.1. The first-order valence-corrected chi connectivity index (χ1v) is 11.1. The average molecular weight is 441 g/mol. The van der Waals surface area contributed by atoms with Crippen molar-refractivity contribution in [2.24, 2.45) is 0 Å². The number of nitrogens with one attached hydrogen (secondary N) is 1. The summed E-state index contributed by atoms with van der Waals surface area (Å²) in [4.78, 5) is 28.6. The van der Waals surface area contributed by atoms with Crippen LogP contribution in [0.4, 0.5) is 11.4 Å². The fourth-order valence-electron chi connectivity index (χ4n) is 4.09. The number of carbonyl (C=O) groups is 2. The van der Waals surface area contributed by atoms with Gasteiger partial charge in [-0.15, -0.1) is 0 Å². The number of imide groups is 1. The topological polar surface area (TPSA) is 58.6 Å². The van der Waals surface area contributed by atoms with Gasteiger partial charge in [0, 0.05) is 5.69 Å². The number of amides is 2. The largest absolute Gasteiger partial charge is 0.494 e. The molecule has 4 rings (SSSR count). The van der Waals surface area contributed by atoms with E-state index in [1.807, 2.05) is 95.3 Å². The minimum Gasteiger partial charge on any atom is -0.494 e. The van der Waals surface area contributed by atoms with Gasteiger partial charge in [-0.2, -0.15) is 0 Å².